The number of nitrogens with two attached hydrogens (primary N) is 1. The molecule has 22 heavy (non-hydrogen) atoms. The third-order valence-electron chi connectivity index (χ3n) is 3.46. The van der Waals surface area contributed by atoms with E-state index in [9.17, 15) is 9.59 Å². The van der Waals surface area contributed by atoms with Crippen LogP contribution in [0, 0.1) is 0 Å². The van der Waals surface area contributed by atoms with Gasteiger partial charge in [0.2, 0.25) is 6.79 Å². The predicted molar refractivity (Wildman–Crippen MR) is 81.2 cm³/mol. The molecule has 0 aromatic heterocycles. The quantitative estimate of drug-likeness (QED) is 0.692. The number of carbonyl (C=O) groups excluding carboxylic acids is 2. The van der Waals surface area contributed by atoms with Crippen LogP contribution in [0.2, 0.25) is 0 Å². The van der Waals surface area contributed by atoms with Gasteiger partial charge in [0.15, 0.2) is 17.3 Å². The highest BCUT2D eigenvalue weighted by Crippen LogP contribution is 2.36. The van der Waals surface area contributed by atoms with Crippen LogP contribution in [0.1, 0.15) is 28.4 Å². The molecular weight excluding hydrogens is 282 g/mol. The lowest BCUT2D eigenvalue weighted by atomic mass is 9.95. The van der Waals surface area contributed by atoms with Gasteiger partial charge in [-0.25, -0.2) is 0 Å². The Labute approximate surface area is 127 Å². The van der Waals surface area contributed by atoms with Gasteiger partial charge < -0.3 is 15.2 Å². The average molecular weight is 297 g/mol. The van der Waals surface area contributed by atoms with Crippen molar-refractivity contribution in [3.8, 4) is 11.5 Å². The van der Waals surface area contributed by atoms with Crippen molar-refractivity contribution < 1.29 is 19.1 Å². The summed E-state index contributed by atoms with van der Waals surface area (Å²) < 4.78 is 10.6. The first-order chi connectivity index (χ1) is 10.5. The first-order valence-electron chi connectivity index (χ1n) is 6.87. The molecule has 0 amide bonds. The monoisotopic (exact) mass is 297 g/mol. The Hall–Kier alpha value is -2.82. The summed E-state index contributed by atoms with van der Waals surface area (Å²) in [7, 11) is 0. The first-order valence-corrected chi connectivity index (χ1v) is 6.87. The molecule has 1 aliphatic rings. The highest BCUT2D eigenvalue weighted by atomic mass is 16.7. The zero-order valence-corrected chi connectivity index (χ0v) is 12.1. The van der Waals surface area contributed by atoms with Crippen molar-refractivity contribution >= 4 is 17.3 Å². The van der Waals surface area contributed by atoms with Gasteiger partial charge in [-0.3, -0.25) is 9.59 Å². The van der Waals surface area contributed by atoms with E-state index in [0.29, 0.717) is 33.9 Å². The van der Waals surface area contributed by atoms with Crippen LogP contribution >= 0.6 is 0 Å². The van der Waals surface area contributed by atoms with Gasteiger partial charge in [-0.05, 0) is 48.9 Å². The lowest BCUT2D eigenvalue weighted by Gasteiger charge is -2.09. The van der Waals surface area contributed by atoms with Gasteiger partial charge in [0.25, 0.3) is 0 Å². The number of fused-ring (bicyclic) bond motifs is 1. The largest absolute Gasteiger partial charge is 0.454 e. The fourth-order valence-electron chi connectivity index (χ4n) is 2.40. The van der Waals surface area contributed by atoms with Crippen LogP contribution in [0.5, 0.6) is 11.5 Å². The molecule has 2 aromatic rings. The molecule has 1 aliphatic heterocycles. The molecule has 0 radical (unpaired) electrons. The molecular formula is C17H15NO4. The van der Waals surface area contributed by atoms with Gasteiger partial charge in [-0.1, -0.05) is 0 Å². The lowest BCUT2D eigenvalue weighted by Crippen LogP contribution is -2.08. The maximum absolute atomic E-state index is 12.7. The minimum Gasteiger partial charge on any atom is -0.454 e. The Kier molecular flexibility index (Phi) is 3.55. The van der Waals surface area contributed by atoms with E-state index >= 15 is 0 Å². The van der Waals surface area contributed by atoms with E-state index in [1.165, 1.54) is 6.92 Å². The zero-order valence-electron chi connectivity index (χ0n) is 12.1. The van der Waals surface area contributed by atoms with Gasteiger partial charge in [0.05, 0.1) is 0 Å². The molecule has 0 fully saturated rings. The summed E-state index contributed by atoms with van der Waals surface area (Å²) in [6, 6.07) is 10.0. The Morgan fingerprint density at radius 1 is 1.09 bits per heavy atom. The number of benzene rings is 2. The topological polar surface area (TPSA) is 78.6 Å². The van der Waals surface area contributed by atoms with Crippen LogP contribution in [-0.2, 0) is 11.2 Å². The summed E-state index contributed by atoms with van der Waals surface area (Å²) >= 11 is 0. The van der Waals surface area contributed by atoms with Crippen molar-refractivity contribution in [2.24, 2.45) is 0 Å². The molecule has 5 nitrogen and oxygen atoms in total. The molecule has 2 aromatic carbocycles. The van der Waals surface area contributed by atoms with Gasteiger partial charge in [0, 0.05) is 23.2 Å². The fraction of sp³-hybridized carbons (Fsp3) is 0.176. The number of ether oxygens (including phenoxy) is 2. The van der Waals surface area contributed by atoms with Crippen LogP contribution < -0.4 is 15.2 Å². The summed E-state index contributed by atoms with van der Waals surface area (Å²) in [5.41, 5.74) is 7.83. The van der Waals surface area contributed by atoms with Gasteiger partial charge >= 0.3 is 0 Å². The molecule has 0 saturated carbocycles. The standard InChI is InChI=1S/C17H15NO4/c1-10(19)6-12-7-15-16(22-9-21-15)8-14(12)17(20)11-2-4-13(18)5-3-11/h2-5,7-8H,6,9,18H2,1H3. The van der Waals surface area contributed by atoms with E-state index in [-0.39, 0.29) is 24.8 Å². The maximum Gasteiger partial charge on any atom is 0.231 e. The second-order valence-electron chi connectivity index (χ2n) is 5.19. The van der Waals surface area contributed by atoms with Crippen LogP contribution in [-0.4, -0.2) is 18.4 Å². The molecule has 3 rings (SSSR count). The van der Waals surface area contributed by atoms with Crippen molar-refractivity contribution in [3.63, 3.8) is 0 Å². The minimum atomic E-state index is -0.172. The van der Waals surface area contributed by atoms with E-state index in [1.54, 1.807) is 36.4 Å². The SMILES string of the molecule is CC(=O)Cc1cc2c(cc1C(=O)c1ccc(N)cc1)OCO2. The van der Waals surface area contributed by atoms with E-state index in [2.05, 4.69) is 0 Å². The summed E-state index contributed by atoms with van der Waals surface area (Å²) in [5.74, 6) is 0.885. The molecule has 0 aliphatic carbocycles. The Morgan fingerprint density at radius 2 is 1.73 bits per heavy atom. The minimum absolute atomic E-state index is 0.0229. The highest BCUT2D eigenvalue weighted by Gasteiger charge is 2.22. The van der Waals surface area contributed by atoms with Crippen LogP contribution in [0.25, 0.3) is 0 Å². The van der Waals surface area contributed by atoms with Gasteiger partial charge in [-0.15, -0.1) is 0 Å². The number of anilines is 1. The van der Waals surface area contributed by atoms with Crippen molar-refractivity contribution in [1.82, 2.24) is 0 Å². The van der Waals surface area contributed by atoms with Gasteiger partial charge in [0.1, 0.15) is 5.78 Å². The number of Topliss-reactive ketones (excluding diaryl/α,β-unsaturated/α-hetero) is 1. The fourth-order valence-corrected chi connectivity index (χ4v) is 2.40. The predicted octanol–water partition coefficient (Wildman–Crippen LogP) is 2.36. The third kappa shape index (κ3) is 2.65. The number of ketones is 2. The molecule has 112 valence electrons. The number of hydrogen-bond acceptors (Lipinski definition) is 5. The van der Waals surface area contributed by atoms with E-state index in [4.69, 9.17) is 15.2 Å². The molecule has 0 bridgehead atoms. The molecule has 0 saturated heterocycles. The molecule has 2 N–H and O–H groups in total. The summed E-state index contributed by atoms with van der Waals surface area (Å²) in [4.78, 5) is 24.2. The Bertz CT molecular complexity index is 750. The van der Waals surface area contributed by atoms with Crippen molar-refractivity contribution in [1.29, 1.82) is 0 Å². The Morgan fingerprint density at radius 3 is 2.36 bits per heavy atom. The van der Waals surface area contributed by atoms with Crippen molar-refractivity contribution in [2.75, 3.05) is 12.5 Å². The second-order valence-corrected chi connectivity index (χ2v) is 5.19. The third-order valence-corrected chi connectivity index (χ3v) is 3.46. The highest BCUT2D eigenvalue weighted by molar-refractivity contribution is 6.11. The van der Waals surface area contributed by atoms with E-state index < -0.39 is 0 Å². The van der Waals surface area contributed by atoms with Crippen LogP contribution in [0.15, 0.2) is 36.4 Å². The van der Waals surface area contributed by atoms with Crippen LogP contribution in [0.4, 0.5) is 5.69 Å². The summed E-state index contributed by atoms with van der Waals surface area (Å²) in [6.07, 6.45) is 0.173. The normalized spacial score (nSPS) is 12.2. The Balaban J connectivity index is 2.06. The maximum atomic E-state index is 12.7. The molecule has 0 spiro atoms. The first kappa shape index (κ1) is 14.1. The number of rotatable bonds is 4. The van der Waals surface area contributed by atoms with Crippen molar-refractivity contribution in [3.05, 3.63) is 53.1 Å². The lowest BCUT2D eigenvalue weighted by molar-refractivity contribution is -0.116. The summed E-state index contributed by atoms with van der Waals surface area (Å²) in [5, 5.41) is 0. The molecule has 5 heteroatoms. The van der Waals surface area contributed by atoms with E-state index in [0.717, 1.165) is 0 Å². The summed E-state index contributed by atoms with van der Waals surface area (Å²) in [6.45, 7) is 1.61. The zero-order chi connectivity index (χ0) is 15.7. The molecule has 0 unspecified atom stereocenters. The molecule has 1 heterocycles. The number of nitrogen functional groups attached to an aromatic ring is 1. The van der Waals surface area contributed by atoms with Crippen LogP contribution in [0.3, 0.4) is 0 Å². The molecule has 0 atom stereocenters. The number of carbonyl (C=O) groups is 2. The smallest absolute Gasteiger partial charge is 0.231 e. The van der Waals surface area contributed by atoms with Crippen molar-refractivity contribution in [2.45, 2.75) is 13.3 Å². The van der Waals surface area contributed by atoms with E-state index in [1.807, 2.05) is 0 Å². The van der Waals surface area contributed by atoms with Gasteiger partial charge in [-0.2, -0.15) is 0 Å². The second kappa shape index (κ2) is 5.52. The number of hydrogen-bond donors (Lipinski definition) is 1. The average Bonchev–Trinajstić information content (AvgIpc) is 2.93.